The molecule has 8 aromatic carbocycles. The van der Waals surface area contributed by atoms with Gasteiger partial charge in [-0.25, -0.2) is 4.98 Å². The normalized spacial score (nSPS) is 13.1. The Labute approximate surface area is 852 Å². The average Bonchev–Trinajstić information content (AvgIpc) is 1.58. The molecular weight excluding hydrogens is 1930 g/mol. The molecule has 0 saturated carbocycles. The number of rotatable bonds is 23. The minimum absolute atomic E-state index is 0.0213. The van der Waals surface area contributed by atoms with Gasteiger partial charge in [0.2, 0.25) is 5.82 Å². The molecule has 726 valence electrons. The number of aromatic amines is 1. The summed E-state index contributed by atoms with van der Waals surface area (Å²) in [6, 6.07) is 46.4. The number of anilines is 2. The number of carbonyl (C=O) groups is 3. The Hall–Kier alpha value is -13.1. The monoisotopic (exact) mass is 2030 g/mol. The van der Waals surface area contributed by atoms with Gasteiger partial charge < -0.3 is 42.6 Å². The van der Waals surface area contributed by atoms with Crippen molar-refractivity contribution in [3.05, 3.63) is 287 Å². The molecule has 33 heteroatoms. The molecule has 8 aromatic heterocycles. The zero-order valence-electron chi connectivity index (χ0n) is 81.2. The number of aromatic nitrogens is 14. The number of nitriles is 1. The van der Waals surface area contributed by atoms with Crippen LogP contribution in [-0.2, 0) is 76.2 Å². The van der Waals surface area contributed by atoms with Crippen molar-refractivity contribution in [2.75, 3.05) is 49.3 Å². The maximum absolute atomic E-state index is 14.8. The van der Waals surface area contributed by atoms with E-state index in [-0.39, 0.29) is 23.9 Å². The molecule has 3 aliphatic rings. The van der Waals surface area contributed by atoms with E-state index < -0.39 is 0 Å². The molecule has 0 atom stereocenters. The lowest BCUT2D eigenvalue weighted by atomic mass is 9.98. The topological polar surface area (TPSA) is 282 Å². The van der Waals surface area contributed by atoms with Crippen LogP contribution in [0.25, 0.3) is 77.5 Å². The number of benzene rings is 8. The molecule has 0 aliphatic carbocycles. The molecule has 0 bridgehead atoms. The van der Waals surface area contributed by atoms with Crippen LogP contribution in [0.5, 0.6) is 17.2 Å². The second kappa shape index (κ2) is 43.2. The molecule has 0 radical (unpaired) electrons. The van der Waals surface area contributed by atoms with Crippen LogP contribution in [0.1, 0.15) is 165 Å². The Morgan fingerprint density at radius 2 is 0.787 bits per heavy atom. The highest BCUT2D eigenvalue weighted by Gasteiger charge is 2.38. The van der Waals surface area contributed by atoms with E-state index in [1.165, 1.54) is 0 Å². The van der Waals surface area contributed by atoms with E-state index in [1.54, 1.807) is 18.2 Å². The molecule has 0 spiro atoms. The predicted molar refractivity (Wildman–Crippen MR) is 557 cm³/mol. The number of tetrazole rings is 1. The molecule has 141 heavy (non-hydrogen) atoms. The van der Waals surface area contributed by atoms with Crippen molar-refractivity contribution in [2.24, 2.45) is 21.1 Å². The molecule has 0 unspecified atom stereocenters. The summed E-state index contributed by atoms with van der Waals surface area (Å²) in [4.78, 5) is 70.2. The lowest BCUT2D eigenvalue weighted by molar-refractivity contribution is -0.191. The number of hydrogen-bond acceptors (Lipinski definition) is 16. The minimum atomic E-state index is -0.0602. The smallest absolute Gasteiger partial charge is 0.373 e. The van der Waals surface area contributed by atoms with Gasteiger partial charge in [0.05, 0.1) is 92.4 Å². The lowest BCUT2D eigenvalue weighted by Crippen LogP contribution is -2.31. The van der Waals surface area contributed by atoms with Gasteiger partial charge in [0, 0.05) is 159 Å². The van der Waals surface area contributed by atoms with Gasteiger partial charge in [-0.3, -0.25) is 28.4 Å². The Balaban J connectivity index is 0.000000150. The molecule has 26 nitrogen and oxygen atoms in total. The number of H-pyrrole nitrogens is 1. The summed E-state index contributed by atoms with van der Waals surface area (Å²) in [6.45, 7) is 29.6. The molecule has 0 saturated heterocycles. The maximum atomic E-state index is 14.8. The summed E-state index contributed by atoms with van der Waals surface area (Å²) >= 11 is 46.4. The number of fused-ring (bicyclic) bond motifs is 9. The predicted octanol–water partition coefficient (Wildman–Crippen LogP) is 24.4. The number of pyridine rings is 1. The summed E-state index contributed by atoms with van der Waals surface area (Å²) in [5, 5.41) is 45.5. The van der Waals surface area contributed by atoms with Gasteiger partial charge in [0.25, 0.3) is 17.7 Å². The first-order chi connectivity index (χ1) is 67.7. The zero-order chi connectivity index (χ0) is 100. The Morgan fingerprint density at radius 1 is 0.418 bits per heavy atom. The summed E-state index contributed by atoms with van der Waals surface area (Å²) < 4.78 is 30.7. The van der Waals surface area contributed by atoms with Crippen LogP contribution in [0.2, 0.25) is 35.3 Å². The van der Waals surface area contributed by atoms with Gasteiger partial charge in [-0.05, 0) is 299 Å². The maximum Gasteiger partial charge on any atom is 0.373 e. The van der Waals surface area contributed by atoms with E-state index in [0.717, 1.165) is 231 Å². The van der Waals surface area contributed by atoms with Crippen molar-refractivity contribution in [3.63, 3.8) is 0 Å². The fraction of sp³-hybridized carbons (Fsp3) is 0.315. The Bertz CT molecular complexity index is 7570. The van der Waals surface area contributed by atoms with E-state index >= 15 is 0 Å². The molecule has 11 heterocycles. The quantitative estimate of drug-likeness (QED) is 0.0460. The van der Waals surface area contributed by atoms with Crippen LogP contribution < -0.4 is 24.0 Å². The molecule has 3 amide bonds. The number of amides is 3. The highest BCUT2D eigenvalue weighted by molar-refractivity contribution is 6.37. The Kier molecular flexibility index (Phi) is 30.9. The van der Waals surface area contributed by atoms with Crippen LogP contribution >= 0.6 is 81.2 Å². The number of hydrogen-bond donors (Lipinski definition) is 1. The van der Waals surface area contributed by atoms with E-state index in [1.807, 2.05) is 228 Å². The molecular formula is C108H107Cl7N18O8. The summed E-state index contributed by atoms with van der Waals surface area (Å²) in [5.74, 6) is 2.70. The van der Waals surface area contributed by atoms with Crippen molar-refractivity contribution in [2.45, 2.75) is 167 Å². The molecule has 1 N–H and O–H groups in total. The minimum Gasteiger partial charge on any atom is -0.494 e. The molecule has 0 fully saturated rings. The van der Waals surface area contributed by atoms with Crippen LogP contribution in [0.15, 0.2) is 140 Å². The number of nitrogens with zero attached hydrogens (tertiary/aromatic N) is 17. The third-order valence-corrected chi connectivity index (χ3v) is 29.7. The summed E-state index contributed by atoms with van der Waals surface area (Å²) in [7, 11) is 5.82. The van der Waals surface area contributed by atoms with Gasteiger partial charge in [0.1, 0.15) is 39.5 Å². The first-order valence-corrected chi connectivity index (χ1v) is 49.4. The van der Waals surface area contributed by atoms with Gasteiger partial charge in [-0.2, -0.15) is 35.4 Å². The first kappa shape index (κ1) is 101. The second-order valence-corrected chi connectivity index (χ2v) is 38.8. The van der Waals surface area contributed by atoms with Crippen molar-refractivity contribution >= 4 is 149 Å². The Morgan fingerprint density at radius 3 is 1.14 bits per heavy atom. The highest BCUT2D eigenvalue weighted by Crippen LogP contribution is 2.49. The fourth-order valence-corrected chi connectivity index (χ4v) is 21.4. The third-order valence-electron chi connectivity index (χ3n) is 26.8. The summed E-state index contributed by atoms with van der Waals surface area (Å²) in [6.07, 6.45) is 6.63. The lowest BCUT2D eigenvalue weighted by Gasteiger charge is -2.21. The van der Waals surface area contributed by atoms with Gasteiger partial charge in [-0.15, -0.1) is 10.2 Å². The van der Waals surface area contributed by atoms with Crippen molar-refractivity contribution < 1.29 is 38.2 Å². The molecule has 16 aromatic rings. The van der Waals surface area contributed by atoms with Crippen molar-refractivity contribution in [1.82, 2.24) is 73.6 Å². The first-order valence-electron chi connectivity index (χ1n) is 46.8. The van der Waals surface area contributed by atoms with E-state index in [9.17, 15) is 19.6 Å². The van der Waals surface area contributed by atoms with Gasteiger partial charge >= 0.3 is 6.15 Å². The average molecular weight is 2030 g/mol. The van der Waals surface area contributed by atoms with Crippen LogP contribution in [-0.4, -0.2) is 137 Å². The summed E-state index contributed by atoms with van der Waals surface area (Å²) in [5.41, 5.74) is 29.0. The van der Waals surface area contributed by atoms with Crippen molar-refractivity contribution in [1.29, 1.82) is 5.26 Å². The number of carbonyl (C=O) groups excluding carboxylic acids is 5. The van der Waals surface area contributed by atoms with E-state index in [0.29, 0.717) is 146 Å². The van der Waals surface area contributed by atoms with E-state index in [2.05, 4.69) is 76.5 Å². The standard InChI is InChI=1S/C36H36Cl2N8O2.C36H35Cl2N5O2.C35H36Cl3N5O2.CO2/c1-20-17-26(18-21(2)32(20)38)48-16-7-11-27-28-12-13-29(37)31(30-22(3)41-44(5)23(30)4)33(28)46-15-8-14-45(36(47)34(27)46)25-10-6-9-24(19-25)35-39-42-43-40-35;1-21-18-27(19-22(2)33(21)38)45-17-6-8-28-29-13-14-30(37)32(31-23(3)40-41(5)24(31)4)34(29)43-16-7-15-42(36(44)35(28)43)26-11-9-25(20-39)10-12-26;1-20-17-25(18-21(2)32(20)38)45-16-7-10-26-27-12-13-28(36)31(30-22(3)40-41(5)23(30)4)33(27)43-15-8-14-42(35(44)34(26)43)19-24-9-6-11-29(37)39-24;2-1-3/h6,9-10,12-13,17-19H,7-8,11,14-16H2,1-5H3,(H,39,40,42,43);9-14,18-19H,6-8,15-17H2,1-5H3;6,9,11-13,17-18H,7-8,10,14-16,19H2,1-5H3;. The second-order valence-electron chi connectivity index (χ2n) is 36.0. The van der Waals surface area contributed by atoms with Crippen LogP contribution in [0.4, 0.5) is 11.4 Å². The van der Waals surface area contributed by atoms with Crippen LogP contribution in [0, 0.1) is 94.4 Å². The number of nitrogens with one attached hydrogen (secondary N) is 1. The number of ether oxygens (including phenoxy) is 3. The van der Waals surface area contributed by atoms with Crippen LogP contribution in [0.3, 0.4) is 0 Å². The molecule has 3 aliphatic heterocycles. The number of aryl methyl sites for hydroxylation is 18. The highest BCUT2D eigenvalue weighted by atomic mass is 35.5. The van der Waals surface area contributed by atoms with Gasteiger partial charge in [-0.1, -0.05) is 118 Å². The van der Waals surface area contributed by atoms with Crippen molar-refractivity contribution in [3.8, 4) is 68.1 Å². The third kappa shape index (κ3) is 20.4. The zero-order valence-corrected chi connectivity index (χ0v) is 86.5. The SMILES string of the molecule is Cc1cc(OCCCc2c3n(c4c(-c5c(C)nn(C)c5C)c(Cl)ccc24)CCCN(Cc2cccc(Cl)n2)C3=O)cc(C)c1Cl.Cc1cc(OCCCc2c3n(c4c(-c5c(C)nn(C)c5C)c(Cl)ccc24)CCCN(c2ccc(C#N)cc2)C3=O)cc(C)c1Cl.Cc1cc(OCCCc2c3n(c4c(-c5c(C)nn(C)c5C)c(Cl)ccc24)CCCN(c2cccc(-c4nn[nH]n4)c2)C3=O)cc(C)c1Cl.O=C=O. The largest absolute Gasteiger partial charge is 0.494 e. The fourth-order valence-electron chi connectivity index (χ4n) is 20.1. The number of halogens is 7. The molecule has 19 rings (SSSR count). The van der Waals surface area contributed by atoms with E-state index in [4.69, 9.17) is 115 Å². The van der Waals surface area contributed by atoms with Gasteiger partial charge in [0.15, 0.2) is 0 Å².